The molecule has 0 unspecified atom stereocenters. The van der Waals surface area contributed by atoms with Crippen LogP contribution in [0.25, 0.3) is 0 Å². The Labute approximate surface area is 552 Å². The molecule has 1 rings (SSSR count). The van der Waals surface area contributed by atoms with E-state index in [1.807, 2.05) is 68.3 Å². The molecule has 0 aliphatic rings. The lowest BCUT2D eigenvalue weighted by atomic mass is 10.4. The molecule has 0 heterocycles. The van der Waals surface area contributed by atoms with Crippen LogP contribution < -0.4 is 95.7 Å². The SMILES string of the molecule is C.C.C.C.C.C.C.C.C.C.C.C.CCNC(O)(O)NCCNC(O)(O)NCNC(O)(O)NC(=O)CC.CCNC(O)(O)NCCNC(O)(O)NCNC(O)(O)NC(C)=O.CCNC(O)(O)NCNC(O)(O)NCNC(O)(O)NC(=O)CC.[HH].[HH].[HH].[HH].[HH].[HH].[HH].[HH].[HH].[HH].[HH].[HH].[HH].[HH].[HH].[HH].[HH].[HH].c1ccccc1. The second-order valence-corrected chi connectivity index (χ2v) is 15.1. The fraction of sp³-hybridized carbons (Fsp3) is 0.816. The standard InChI is InChI=1S/C11H28N6O7.2C10H26N6O7.C6H6.12CH4.18H2/c1-3-8(18)17-11(23,24)16-7-15-10(21,22)14-6-5-13-9(19,20)12-4-2;1-3-11-8(18,19)12-4-5-13-9(20,21)14-6-15-10(22,23)16-7(2)17;1-3-7(17)16-10(22,23)15-6-14-9(20,21)13-5-12-8(18,19)11-4-2;1-2-4-6-5-3-1;;;;;;;;;;;;;;;;;;;;;;;;;;;;;;/h12-16,19-24H,3-7H2,1-2H3,(H,17,18);2*11-15,18-23H,3-6H2,1-2H3,(H,16,17);1-6H;12*1H4;18*1H. The Kier molecular flexibility index (Phi) is 84.2. The van der Waals surface area contributed by atoms with Gasteiger partial charge in [-0.25, -0.2) is 42.5 Å². The van der Waals surface area contributed by atoms with Crippen LogP contribution >= 0.6 is 0 Å². The van der Waals surface area contributed by atoms with Crippen LogP contribution in [-0.4, -0.2) is 236 Å². The van der Waals surface area contributed by atoms with Gasteiger partial charge >= 0.3 is 18.1 Å². The van der Waals surface area contributed by atoms with Crippen molar-refractivity contribution in [2.24, 2.45) is 0 Å². The van der Waals surface area contributed by atoms with Crippen LogP contribution in [0.1, 0.15) is 169 Å². The van der Waals surface area contributed by atoms with E-state index in [2.05, 4.69) is 58.5 Å². The molecule has 0 spiro atoms. The summed E-state index contributed by atoms with van der Waals surface area (Å²) in [6, 6.07) is -11.1. The van der Waals surface area contributed by atoms with E-state index >= 15 is 0 Å². The third-order valence-electron chi connectivity index (χ3n) is 7.97. The van der Waals surface area contributed by atoms with Crippen LogP contribution in [0, 0.1) is 0 Å². The van der Waals surface area contributed by atoms with Crippen molar-refractivity contribution >= 4 is 17.7 Å². The summed E-state index contributed by atoms with van der Waals surface area (Å²) in [4.78, 5) is 32.7. The highest BCUT2D eigenvalue weighted by Gasteiger charge is 2.31. The van der Waals surface area contributed by atoms with E-state index in [0.717, 1.165) is 6.92 Å². The average Bonchev–Trinajstić information content (AvgIpc) is 3.26. The van der Waals surface area contributed by atoms with Crippen molar-refractivity contribution in [2.45, 2.75) is 198 Å². The normalized spacial score (nSPS) is 11.0. The van der Waals surface area contributed by atoms with Crippen molar-refractivity contribution < 1.29 is 132 Å². The van der Waals surface area contributed by atoms with Crippen molar-refractivity contribution in [1.29, 1.82) is 0 Å². The lowest BCUT2D eigenvalue weighted by molar-refractivity contribution is -0.239. The summed E-state index contributed by atoms with van der Waals surface area (Å²) in [7, 11) is 0. The number of hydrogen-bond acceptors (Lipinski definition) is 36. The van der Waals surface area contributed by atoms with E-state index in [4.69, 9.17) is 0 Å². The van der Waals surface area contributed by atoms with Gasteiger partial charge in [0.2, 0.25) is 17.7 Å². The number of amides is 3. The Balaban J connectivity index is -0.0000000205. The van der Waals surface area contributed by atoms with Crippen molar-refractivity contribution in [1.82, 2.24) is 95.7 Å². The van der Waals surface area contributed by atoms with Crippen molar-refractivity contribution in [3.05, 3.63) is 36.4 Å². The van der Waals surface area contributed by atoms with Gasteiger partial charge < -0.3 is 91.9 Å². The lowest BCUT2D eigenvalue weighted by Crippen LogP contribution is -2.67. The number of carbonyl (C=O) groups excluding carboxylic acids is 3. The molecular formula is C49H170N18O21. The maximum absolute atomic E-state index is 11.0. The van der Waals surface area contributed by atoms with Gasteiger partial charge in [0.15, 0.2) is 0 Å². The minimum atomic E-state index is -2.75. The smallest absolute Gasteiger partial charge is 0.312 e. The fourth-order valence-corrected chi connectivity index (χ4v) is 4.55. The number of carbonyl (C=O) groups is 3. The minimum absolute atomic E-state index is 0. The van der Waals surface area contributed by atoms with Crippen LogP contribution in [0.15, 0.2) is 36.4 Å². The lowest BCUT2D eigenvalue weighted by Gasteiger charge is -2.29. The summed E-state index contributed by atoms with van der Waals surface area (Å²) in [6.07, 6.45) is 0.0472. The molecular weight excluding hydrogens is 1180 g/mol. The molecule has 0 saturated carbocycles. The Hall–Kier alpha value is -3.69. The largest absolute Gasteiger partial charge is 0.341 e. The molecule has 0 radical (unpaired) electrons. The third kappa shape index (κ3) is 78.4. The van der Waals surface area contributed by atoms with Gasteiger partial charge in [0, 0.05) is 71.6 Å². The first-order valence-corrected chi connectivity index (χ1v) is 22.9. The zero-order valence-corrected chi connectivity index (χ0v) is 42.9. The zero-order valence-electron chi connectivity index (χ0n) is 42.9. The summed E-state index contributed by atoms with van der Waals surface area (Å²) in [5.41, 5.74) is 0. The van der Waals surface area contributed by atoms with Crippen molar-refractivity contribution in [3.8, 4) is 0 Å². The van der Waals surface area contributed by atoms with E-state index in [0.29, 0.717) is 13.1 Å². The zero-order chi connectivity index (χ0) is 59.4. The molecule has 0 bridgehead atoms. The molecule has 1 aromatic carbocycles. The monoisotopic (exact) mass is 1350 g/mol. The third-order valence-corrected chi connectivity index (χ3v) is 7.97. The molecule has 0 aliphatic heterocycles. The van der Waals surface area contributed by atoms with E-state index in [1.165, 1.54) is 13.8 Å². The second-order valence-electron chi connectivity index (χ2n) is 15.1. The second kappa shape index (κ2) is 60.8. The Morgan fingerprint density at radius 1 is 0.273 bits per heavy atom. The predicted molar refractivity (Wildman–Crippen MR) is 378 cm³/mol. The van der Waals surface area contributed by atoms with Crippen molar-refractivity contribution in [2.75, 3.05) is 72.5 Å². The van der Waals surface area contributed by atoms with Gasteiger partial charge in [0.05, 0.1) is 26.7 Å². The number of hydrogen-bond donors (Lipinski definition) is 36. The summed E-state index contributed by atoms with van der Waals surface area (Å²) in [5, 5.41) is 206. The molecule has 0 aromatic heterocycles. The minimum Gasteiger partial charge on any atom is -0.341 e. The Bertz CT molecular complexity index is 1730. The Morgan fingerprint density at radius 2 is 0.432 bits per heavy atom. The highest BCUT2D eigenvalue weighted by molar-refractivity contribution is 5.76. The van der Waals surface area contributed by atoms with Gasteiger partial charge in [0.1, 0.15) is 0 Å². The molecule has 39 heteroatoms. The molecule has 88 heavy (non-hydrogen) atoms. The maximum atomic E-state index is 11.0. The molecule has 1 aromatic rings. The van der Waals surface area contributed by atoms with Crippen LogP contribution in [-0.2, 0) is 14.4 Å². The highest BCUT2D eigenvalue weighted by Crippen LogP contribution is 1.95. The number of nitrogens with one attached hydrogen (secondary N) is 18. The van der Waals surface area contributed by atoms with Crippen LogP contribution in [0.3, 0.4) is 0 Å². The summed E-state index contributed by atoms with van der Waals surface area (Å²) >= 11 is 0. The average molecular weight is 1350 g/mol. The van der Waals surface area contributed by atoms with E-state index in [9.17, 15) is 106 Å². The number of benzene rings is 1. The van der Waals surface area contributed by atoms with Gasteiger partial charge in [-0.05, 0) is 19.6 Å². The van der Waals surface area contributed by atoms with Gasteiger partial charge in [-0.1, -0.05) is 160 Å². The molecule has 0 saturated heterocycles. The molecule has 39 nitrogen and oxygen atoms in total. The summed E-state index contributed by atoms with van der Waals surface area (Å²) in [6.45, 7) is 7.55. The van der Waals surface area contributed by atoms with E-state index in [-0.39, 0.29) is 160 Å². The molecule has 3 amide bonds. The van der Waals surface area contributed by atoms with Crippen LogP contribution in [0.4, 0.5) is 0 Å². The van der Waals surface area contributed by atoms with Gasteiger partial charge in [-0.3, -0.25) is 67.6 Å². The fourth-order valence-electron chi connectivity index (χ4n) is 4.55. The molecule has 0 fully saturated rings. The summed E-state index contributed by atoms with van der Waals surface area (Å²) < 4.78 is 0. The first-order valence-electron chi connectivity index (χ1n) is 22.9. The topological polar surface area (TPSA) is 632 Å². The number of aliphatic hydroxyl groups is 18. The predicted octanol–water partition coefficient (Wildman–Crippen LogP) is -4.01. The molecule has 0 atom stereocenters. The van der Waals surface area contributed by atoms with Crippen molar-refractivity contribution in [3.63, 3.8) is 0 Å². The Morgan fingerprint density at radius 3 is 0.614 bits per heavy atom. The molecule has 582 valence electrons. The maximum Gasteiger partial charge on any atom is 0.312 e. The highest BCUT2D eigenvalue weighted by atomic mass is 16.6. The first-order chi connectivity index (χ1) is 34.8. The molecule has 0 aliphatic carbocycles. The van der Waals surface area contributed by atoms with Gasteiger partial charge in [0.25, 0.3) is 36.2 Å². The van der Waals surface area contributed by atoms with Gasteiger partial charge in [-0.15, -0.1) is 0 Å². The van der Waals surface area contributed by atoms with E-state index < -0.39 is 98.7 Å². The van der Waals surface area contributed by atoms with Crippen LogP contribution in [0.2, 0.25) is 0 Å². The number of rotatable bonds is 37. The van der Waals surface area contributed by atoms with Gasteiger partial charge in [-0.2, -0.15) is 0 Å². The van der Waals surface area contributed by atoms with E-state index in [1.54, 1.807) is 26.1 Å². The quantitative estimate of drug-likeness (QED) is 0.0223. The van der Waals surface area contributed by atoms with Crippen LogP contribution in [0.5, 0.6) is 0 Å². The first kappa shape index (κ1) is 122. The summed E-state index contributed by atoms with van der Waals surface area (Å²) in [5.74, 6) is -1.99. The molecule has 36 N–H and O–H groups in total.